The molecule has 0 aliphatic rings. The summed E-state index contributed by atoms with van der Waals surface area (Å²) in [5, 5.41) is 0.636. The summed E-state index contributed by atoms with van der Waals surface area (Å²) >= 11 is 5.85. The molecule has 1 rings (SSSR count). The van der Waals surface area contributed by atoms with Crippen LogP contribution in [0.2, 0.25) is 5.02 Å². The van der Waals surface area contributed by atoms with E-state index < -0.39 is 0 Å². The number of pyridine rings is 1. The average Bonchev–Trinajstić information content (AvgIpc) is 2.07. The Bertz CT molecular complexity index is 325. The average molecular weight is 200 g/mol. The van der Waals surface area contributed by atoms with Crippen LogP contribution in [0.15, 0.2) is 12.3 Å². The van der Waals surface area contributed by atoms with E-state index in [1.165, 1.54) is 6.92 Å². The molecule has 0 N–H and O–H groups in total. The van der Waals surface area contributed by atoms with Crippen LogP contribution in [-0.4, -0.2) is 11.0 Å². The zero-order valence-electron chi connectivity index (χ0n) is 7.50. The van der Waals surface area contributed by atoms with Gasteiger partial charge >= 0.3 is 5.97 Å². The van der Waals surface area contributed by atoms with Crippen molar-refractivity contribution in [2.75, 3.05) is 0 Å². The number of rotatable bonds is 2. The summed E-state index contributed by atoms with van der Waals surface area (Å²) in [5.74, 6) is -0.318. The standard InChI is InChI=1S/C9H10ClNO2/c1-6-8(10)3-4-11-9(6)5-13-7(2)12/h3-4H,5H2,1-2H3. The monoisotopic (exact) mass is 199 g/mol. The summed E-state index contributed by atoms with van der Waals surface area (Å²) in [4.78, 5) is 14.6. The SMILES string of the molecule is CC(=O)OCc1nccc(Cl)c1C. The largest absolute Gasteiger partial charge is 0.459 e. The maximum Gasteiger partial charge on any atom is 0.303 e. The van der Waals surface area contributed by atoms with Crippen molar-refractivity contribution in [3.05, 3.63) is 28.5 Å². The minimum absolute atomic E-state index is 0.182. The molecule has 3 nitrogen and oxygen atoms in total. The fourth-order valence-corrected chi connectivity index (χ4v) is 1.03. The molecular weight excluding hydrogens is 190 g/mol. The Labute approximate surface area is 81.7 Å². The molecule has 70 valence electrons. The first-order chi connectivity index (χ1) is 6.11. The van der Waals surface area contributed by atoms with Gasteiger partial charge < -0.3 is 4.74 Å². The molecule has 0 fully saturated rings. The van der Waals surface area contributed by atoms with Crippen molar-refractivity contribution in [3.63, 3.8) is 0 Å². The van der Waals surface area contributed by atoms with Gasteiger partial charge in [-0.3, -0.25) is 9.78 Å². The van der Waals surface area contributed by atoms with Crippen molar-refractivity contribution in [2.45, 2.75) is 20.5 Å². The van der Waals surface area contributed by atoms with Crippen LogP contribution >= 0.6 is 11.6 Å². The van der Waals surface area contributed by atoms with E-state index in [1.807, 2.05) is 6.92 Å². The van der Waals surface area contributed by atoms with E-state index in [2.05, 4.69) is 4.98 Å². The maximum absolute atomic E-state index is 10.5. The third kappa shape index (κ3) is 2.70. The molecule has 0 saturated carbocycles. The van der Waals surface area contributed by atoms with E-state index in [1.54, 1.807) is 12.3 Å². The molecule has 0 radical (unpaired) electrons. The van der Waals surface area contributed by atoms with E-state index >= 15 is 0 Å². The van der Waals surface area contributed by atoms with Crippen molar-refractivity contribution in [1.29, 1.82) is 0 Å². The minimum Gasteiger partial charge on any atom is -0.459 e. The van der Waals surface area contributed by atoms with Crippen molar-refractivity contribution < 1.29 is 9.53 Å². The number of ether oxygens (including phenoxy) is 1. The molecule has 0 aliphatic heterocycles. The van der Waals surface area contributed by atoms with Crippen LogP contribution in [0.1, 0.15) is 18.2 Å². The number of carbonyl (C=O) groups is 1. The zero-order valence-corrected chi connectivity index (χ0v) is 8.26. The highest BCUT2D eigenvalue weighted by molar-refractivity contribution is 6.31. The van der Waals surface area contributed by atoms with Crippen LogP contribution in [0.3, 0.4) is 0 Å². The van der Waals surface area contributed by atoms with Gasteiger partial charge in [0, 0.05) is 18.1 Å². The Kier molecular flexibility index (Phi) is 3.25. The molecule has 0 saturated heterocycles. The molecular formula is C9H10ClNO2. The molecule has 0 amide bonds. The molecule has 0 atom stereocenters. The molecule has 13 heavy (non-hydrogen) atoms. The highest BCUT2D eigenvalue weighted by Gasteiger charge is 2.04. The fraction of sp³-hybridized carbons (Fsp3) is 0.333. The normalized spacial score (nSPS) is 9.77. The lowest BCUT2D eigenvalue weighted by molar-refractivity contribution is -0.142. The predicted molar refractivity (Wildman–Crippen MR) is 49.5 cm³/mol. The maximum atomic E-state index is 10.5. The summed E-state index contributed by atoms with van der Waals surface area (Å²) < 4.78 is 4.80. The number of esters is 1. The van der Waals surface area contributed by atoms with E-state index in [4.69, 9.17) is 16.3 Å². The van der Waals surface area contributed by atoms with Gasteiger partial charge in [0.05, 0.1) is 5.69 Å². The van der Waals surface area contributed by atoms with Crippen LogP contribution in [0.4, 0.5) is 0 Å². The number of nitrogens with zero attached hydrogens (tertiary/aromatic N) is 1. The van der Waals surface area contributed by atoms with Crippen molar-refractivity contribution in [1.82, 2.24) is 4.98 Å². The molecule has 4 heteroatoms. The Morgan fingerprint density at radius 2 is 2.38 bits per heavy atom. The van der Waals surface area contributed by atoms with Gasteiger partial charge in [0.25, 0.3) is 0 Å². The van der Waals surface area contributed by atoms with Gasteiger partial charge in [0.15, 0.2) is 0 Å². The number of carbonyl (C=O) groups excluding carboxylic acids is 1. The lowest BCUT2D eigenvalue weighted by Crippen LogP contribution is -2.02. The van der Waals surface area contributed by atoms with E-state index in [-0.39, 0.29) is 12.6 Å². The molecule has 0 spiro atoms. The lowest BCUT2D eigenvalue weighted by Gasteiger charge is -2.05. The van der Waals surface area contributed by atoms with Crippen LogP contribution < -0.4 is 0 Å². The van der Waals surface area contributed by atoms with Gasteiger partial charge in [-0.05, 0) is 18.6 Å². The molecule has 1 aromatic heterocycles. The third-order valence-electron chi connectivity index (χ3n) is 1.65. The first-order valence-electron chi connectivity index (χ1n) is 3.84. The smallest absolute Gasteiger partial charge is 0.303 e. The van der Waals surface area contributed by atoms with Crippen molar-refractivity contribution in [2.24, 2.45) is 0 Å². The summed E-state index contributed by atoms with van der Waals surface area (Å²) in [6, 6.07) is 1.70. The third-order valence-corrected chi connectivity index (χ3v) is 2.06. The molecule has 0 bridgehead atoms. The fourth-order valence-electron chi connectivity index (χ4n) is 0.868. The number of halogens is 1. The van der Waals surface area contributed by atoms with E-state index in [0.29, 0.717) is 10.7 Å². The highest BCUT2D eigenvalue weighted by atomic mass is 35.5. The Balaban J connectivity index is 2.77. The number of aromatic nitrogens is 1. The Hall–Kier alpha value is -1.09. The number of hydrogen-bond donors (Lipinski definition) is 0. The topological polar surface area (TPSA) is 39.2 Å². The van der Waals surface area contributed by atoms with Crippen molar-refractivity contribution in [3.8, 4) is 0 Å². The van der Waals surface area contributed by atoms with Crippen LogP contribution in [-0.2, 0) is 16.1 Å². The van der Waals surface area contributed by atoms with Crippen LogP contribution in [0.25, 0.3) is 0 Å². The highest BCUT2D eigenvalue weighted by Crippen LogP contribution is 2.16. The van der Waals surface area contributed by atoms with Gasteiger partial charge in [0.1, 0.15) is 6.61 Å². The van der Waals surface area contributed by atoms with E-state index in [0.717, 1.165) is 5.56 Å². The van der Waals surface area contributed by atoms with Crippen molar-refractivity contribution >= 4 is 17.6 Å². The van der Waals surface area contributed by atoms with E-state index in [9.17, 15) is 4.79 Å². The second kappa shape index (κ2) is 4.23. The van der Waals surface area contributed by atoms with Gasteiger partial charge in [-0.15, -0.1) is 0 Å². The van der Waals surface area contributed by atoms with Gasteiger partial charge in [-0.2, -0.15) is 0 Å². The summed E-state index contributed by atoms with van der Waals surface area (Å²) in [6.45, 7) is 3.38. The molecule has 0 aromatic carbocycles. The quantitative estimate of drug-likeness (QED) is 0.685. The first kappa shape index (κ1) is 9.99. The molecule has 1 heterocycles. The minimum atomic E-state index is -0.318. The second-order valence-corrected chi connectivity index (χ2v) is 3.05. The molecule has 0 unspecified atom stereocenters. The number of hydrogen-bond acceptors (Lipinski definition) is 3. The molecule has 1 aromatic rings. The second-order valence-electron chi connectivity index (χ2n) is 2.64. The lowest BCUT2D eigenvalue weighted by atomic mass is 10.2. The first-order valence-corrected chi connectivity index (χ1v) is 4.22. The molecule has 0 aliphatic carbocycles. The Morgan fingerprint density at radius 1 is 1.69 bits per heavy atom. The predicted octanol–water partition coefficient (Wildman–Crippen LogP) is 2.11. The summed E-state index contributed by atoms with van der Waals surface area (Å²) in [7, 11) is 0. The summed E-state index contributed by atoms with van der Waals surface area (Å²) in [5.41, 5.74) is 1.55. The van der Waals surface area contributed by atoms with Crippen LogP contribution in [0.5, 0.6) is 0 Å². The van der Waals surface area contributed by atoms with Gasteiger partial charge in [0.2, 0.25) is 0 Å². The Morgan fingerprint density at radius 3 is 3.00 bits per heavy atom. The van der Waals surface area contributed by atoms with Crippen LogP contribution in [0, 0.1) is 6.92 Å². The van der Waals surface area contributed by atoms with Gasteiger partial charge in [-0.1, -0.05) is 11.6 Å². The summed E-state index contributed by atoms with van der Waals surface area (Å²) in [6.07, 6.45) is 1.59. The zero-order chi connectivity index (χ0) is 9.84. The van der Waals surface area contributed by atoms with Gasteiger partial charge in [-0.25, -0.2) is 0 Å².